The van der Waals surface area contributed by atoms with Crippen molar-refractivity contribution in [2.75, 3.05) is 26.2 Å². The smallest absolute Gasteiger partial charge is 0.303 e. The molecule has 2 heterocycles. The van der Waals surface area contributed by atoms with Gasteiger partial charge in [-0.3, -0.25) is 9.69 Å². The molecule has 265 valence electrons. The van der Waals surface area contributed by atoms with E-state index in [1.807, 2.05) is 0 Å². The SMILES string of the molecule is CCCN1CCO[C@@H](O[C@H]2CC[C@]34C[C@]35CC[C@]3(C)[C@@H]6[C](O[C]([C@H](OC(C)=O)C(C)(C)O)C[C@H]6C)[C@H](O)[C@@]3(C)[C]5CC[C@H]4C2(C)C)C1. The molecule has 2 N–H and O–H groups in total. The van der Waals surface area contributed by atoms with E-state index in [0.717, 1.165) is 64.4 Å². The van der Waals surface area contributed by atoms with E-state index < -0.39 is 29.2 Å². The number of hydrogen-bond acceptors (Lipinski definition) is 8. The number of aliphatic hydroxyl groups is 2. The largest absolute Gasteiger partial charge is 0.456 e. The molecule has 0 unspecified atom stereocenters. The second-order valence-corrected chi connectivity index (χ2v) is 18.4. The van der Waals surface area contributed by atoms with Gasteiger partial charge in [-0.2, -0.15) is 0 Å². The van der Waals surface area contributed by atoms with E-state index in [9.17, 15) is 15.0 Å². The quantitative estimate of drug-likeness (QED) is 0.311. The van der Waals surface area contributed by atoms with Gasteiger partial charge in [0.1, 0.15) is 12.2 Å². The van der Waals surface area contributed by atoms with Crippen molar-refractivity contribution < 1.29 is 34.0 Å². The molecule has 7 fully saturated rings. The molecule has 7 rings (SSSR count). The number of esters is 1. The number of aliphatic hydroxyl groups excluding tert-OH is 1. The predicted octanol–water partition coefficient (Wildman–Crippen LogP) is 6.24. The Morgan fingerprint density at radius 3 is 2.57 bits per heavy atom. The molecule has 47 heavy (non-hydrogen) atoms. The van der Waals surface area contributed by atoms with Gasteiger partial charge in [0.2, 0.25) is 0 Å². The third-order valence-electron chi connectivity index (χ3n) is 15.2. The molecule has 8 nitrogen and oxygen atoms in total. The number of ether oxygens (including phenoxy) is 4. The molecule has 0 aromatic heterocycles. The summed E-state index contributed by atoms with van der Waals surface area (Å²) in [6, 6.07) is 0. The Bertz CT molecular complexity index is 1220. The predicted molar refractivity (Wildman–Crippen MR) is 178 cm³/mol. The minimum Gasteiger partial charge on any atom is -0.456 e. The van der Waals surface area contributed by atoms with Crippen LogP contribution in [0.5, 0.6) is 0 Å². The van der Waals surface area contributed by atoms with E-state index in [4.69, 9.17) is 18.9 Å². The maximum atomic E-state index is 12.5. The van der Waals surface area contributed by atoms with Crippen molar-refractivity contribution in [2.45, 2.75) is 150 Å². The minimum atomic E-state index is -1.30. The van der Waals surface area contributed by atoms with Gasteiger partial charge in [-0.05, 0) is 118 Å². The first-order valence-corrected chi connectivity index (χ1v) is 18.8. The number of hydrogen-bond donors (Lipinski definition) is 2. The molecule has 3 radical (unpaired) electrons. The highest BCUT2D eigenvalue weighted by molar-refractivity contribution is 5.66. The van der Waals surface area contributed by atoms with Crippen LogP contribution in [0.2, 0.25) is 0 Å². The van der Waals surface area contributed by atoms with Crippen LogP contribution in [-0.4, -0.2) is 77.5 Å². The first kappa shape index (κ1) is 34.7. The van der Waals surface area contributed by atoms with Gasteiger partial charge in [-0.15, -0.1) is 0 Å². The fourth-order valence-corrected chi connectivity index (χ4v) is 13.1. The summed E-state index contributed by atoms with van der Waals surface area (Å²) in [6.07, 6.45) is 9.37. The third-order valence-corrected chi connectivity index (χ3v) is 15.2. The van der Waals surface area contributed by atoms with Gasteiger partial charge in [0, 0.05) is 31.3 Å². The molecule has 8 heteroatoms. The molecule has 0 aromatic carbocycles. The van der Waals surface area contributed by atoms with E-state index in [2.05, 4.69) is 46.4 Å². The molecule has 2 saturated heterocycles. The Balaban J connectivity index is 1.13. The number of morpholine rings is 1. The number of rotatable bonds is 7. The zero-order valence-corrected chi connectivity index (χ0v) is 30.6. The van der Waals surface area contributed by atoms with Crippen molar-refractivity contribution in [1.29, 1.82) is 0 Å². The number of carbonyl (C=O) groups excluding carboxylic acids is 1. The van der Waals surface area contributed by atoms with Crippen LogP contribution < -0.4 is 0 Å². The van der Waals surface area contributed by atoms with Gasteiger partial charge in [0.25, 0.3) is 0 Å². The highest BCUT2D eigenvalue weighted by atomic mass is 16.7. The summed E-state index contributed by atoms with van der Waals surface area (Å²) in [5, 5.41) is 23.5. The Kier molecular flexibility index (Phi) is 8.38. The van der Waals surface area contributed by atoms with Crippen molar-refractivity contribution in [2.24, 2.45) is 44.8 Å². The maximum Gasteiger partial charge on any atom is 0.303 e. The Morgan fingerprint density at radius 2 is 1.89 bits per heavy atom. The molecule has 5 aliphatic carbocycles. The van der Waals surface area contributed by atoms with Crippen LogP contribution >= 0.6 is 0 Å². The fourth-order valence-electron chi connectivity index (χ4n) is 13.1. The zero-order chi connectivity index (χ0) is 33.9. The summed E-state index contributed by atoms with van der Waals surface area (Å²) in [4.78, 5) is 14.5. The number of fused-ring (bicyclic) bond motifs is 4. The topological polar surface area (TPSA) is 97.7 Å². The molecule has 0 amide bonds. The van der Waals surface area contributed by atoms with E-state index in [1.165, 1.54) is 26.2 Å². The van der Waals surface area contributed by atoms with Crippen LogP contribution in [0, 0.1) is 63.0 Å². The van der Waals surface area contributed by atoms with Gasteiger partial charge in [-0.1, -0.05) is 41.5 Å². The van der Waals surface area contributed by atoms with Crippen LogP contribution in [0.3, 0.4) is 0 Å². The lowest BCUT2D eigenvalue weighted by Crippen LogP contribution is -2.59. The van der Waals surface area contributed by atoms with Crippen LogP contribution in [0.1, 0.15) is 120 Å². The third kappa shape index (κ3) is 4.83. The summed E-state index contributed by atoms with van der Waals surface area (Å²) >= 11 is 0. The van der Waals surface area contributed by atoms with Crippen molar-refractivity contribution >= 4 is 5.97 Å². The van der Waals surface area contributed by atoms with Crippen LogP contribution in [0.25, 0.3) is 0 Å². The van der Waals surface area contributed by atoms with E-state index in [1.54, 1.807) is 19.8 Å². The minimum absolute atomic E-state index is 0.0483. The van der Waals surface area contributed by atoms with Gasteiger partial charge in [-0.25, -0.2) is 0 Å². The zero-order valence-electron chi connectivity index (χ0n) is 30.6. The highest BCUT2D eigenvalue weighted by Gasteiger charge is 2.85. The van der Waals surface area contributed by atoms with Gasteiger partial charge < -0.3 is 29.2 Å². The Morgan fingerprint density at radius 1 is 1.15 bits per heavy atom. The monoisotopic (exact) mass is 656 g/mol. The Labute approximate surface area is 284 Å². The van der Waals surface area contributed by atoms with Crippen LogP contribution in [0.15, 0.2) is 0 Å². The fraction of sp³-hybridized carbons (Fsp3) is 0.897. The molecule has 7 aliphatic rings. The Hall–Kier alpha value is -0.770. The van der Waals surface area contributed by atoms with Crippen molar-refractivity contribution in [1.82, 2.24) is 4.90 Å². The lowest BCUT2D eigenvalue weighted by molar-refractivity contribution is -0.243. The number of carbonyl (C=O) groups is 1. The maximum absolute atomic E-state index is 12.5. The molecule has 11 atom stereocenters. The van der Waals surface area contributed by atoms with E-state index >= 15 is 0 Å². The molecular formula is C39H62NO7. The van der Waals surface area contributed by atoms with Crippen molar-refractivity contribution in [3.05, 3.63) is 18.1 Å². The molecule has 0 aromatic rings. The van der Waals surface area contributed by atoms with E-state index in [-0.39, 0.29) is 45.9 Å². The molecule has 2 spiro atoms. The lowest BCUT2D eigenvalue weighted by Gasteiger charge is -2.63. The second kappa shape index (κ2) is 11.4. The summed E-state index contributed by atoms with van der Waals surface area (Å²) in [5.41, 5.74) is -1.34. The van der Waals surface area contributed by atoms with E-state index in [0.29, 0.717) is 18.4 Å². The summed E-state index contributed by atoms with van der Waals surface area (Å²) in [6.45, 7) is 22.6. The van der Waals surface area contributed by atoms with Crippen LogP contribution in [0.4, 0.5) is 0 Å². The highest BCUT2D eigenvalue weighted by Crippen LogP contribution is 2.90. The average Bonchev–Trinajstić information content (AvgIpc) is 3.62. The summed E-state index contributed by atoms with van der Waals surface area (Å²) in [5.74, 6) is 2.03. The second-order valence-electron chi connectivity index (χ2n) is 18.4. The lowest BCUT2D eigenvalue weighted by atomic mass is 9.41. The molecular weight excluding hydrogens is 594 g/mol. The average molecular weight is 657 g/mol. The van der Waals surface area contributed by atoms with Crippen molar-refractivity contribution in [3.63, 3.8) is 0 Å². The molecule has 2 aliphatic heterocycles. The first-order chi connectivity index (χ1) is 22.0. The summed E-state index contributed by atoms with van der Waals surface area (Å²) in [7, 11) is 0. The summed E-state index contributed by atoms with van der Waals surface area (Å²) < 4.78 is 25.3. The standard InChI is InChI=1S/C39H62NO7/c1-10-17-40-18-19-44-29(21-40)47-28-13-14-38-22-39(38)16-15-36(8)30-23(2)20-25(33(35(6,7)43)45-24(3)41)46-31(30)32(42)37(36,9)27(39)12-11-26(38)34(28,4)5/h23,26,28-30,32-33,42-43H,10-22H2,1-9H3/t23-,26+,28+,29+,30+,32+,33+,36-,37-,38-,39+/m1/s1. The first-order valence-electron chi connectivity index (χ1n) is 18.8. The van der Waals surface area contributed by atoms with Crippen LogP contribution in [-0.2, 0) is 23.7 Å². The normalized spacial score (nSPS) is 47.6. The van der Waals surface area contributed by atoms with Crippen molar-refractivity contribution in [3.8, 4) is 0 Å². The van der Waals surface area contributed by atoms with Gasteiger partial charge in [0.05, 0.1) is 24.4 Å². The molecule has 0 bridgehead atoms. The van der Waals surface area contributed by atoms with Gasteiger partial charge in [0.15, 0.2) is 12.4 Å². The van der Waals surface area contributed by atoms with Gasteiger partial charge >= 0.3 is 5.97 Å². The number of nitrogens with zero attached hydrogens (tertiary/aromatic N) is 1. The molecule has 5 saturated carbocycles.